The largest absolute Gasteiger partial charge is 0.325 e. The third kappa shape index (κ3) is 3.86. The summed E-state index contributed by atoms with van der Waals surface area (Å²) in [5.74, 6) is 0.676. The molecule has 0 aliphatic heterocycles. The lowest BCUT2D eigenvalue weighted by Crippen LogP contribution is -2.26. The lowest BCUT2D eigenvalue weighted by molar-refractivity contribution is 1.29. The van der Waals surface area contributed by atoms with Gasteiger partial charge in [0, 0.05) is 6.20 Å². The van der Waals surface area contributed by atoms with Crippen LogP contribution in [0.4, 0.5) is 0 Å². The standard InChI is InChI=1S/C8H11N3/c1-4-7(9)11-8(5-2)10-6-3/h4-6H,1-3H2,(H2,9,10,11). The van der Waals surface area contributed by atoms with Crippen LogP contribution in [0.25, 0.3) is 0 Å². The summed E-state index contributed by atoms with van der Waals surface area (Å²) in [4.78, 5) is 3.79. The van der Waals surface area contributed by atoms with Crippen molar-refractivity contribution >= 4 is 11.7 Å². The molecule has 0 radical (unpaired) electrons. The van der Waals surface area contributed by atoms with Crippen LogP contribution in [-0.4, -0.2) is 11.7 Å². The second-order valence-corrected chi connectivity index (χ2v) is 1.64. The van der Waals surface area contributed by atoms with Crippen LogP contribution in [0.15, 0.2) is 43.1 Å². The molecule has 0 aliphatic carbocycles. The van der Waals surface area contributed by atoms with E-state index >= 15 is 0 Å². The first-order valence-electron chi connectivity index (χ1n) is 3.03. The van der Waals surface area contributed by atoms with E-state index in [-0.39, 0.29) is 5.84 Å². The average molecular weight is 149 g/mol. The molecule has 0 atom stereocenters. The van der Waals surface area contributed by atoms with Crippen molar-refractivity contribution in [3.8, 4) is 0 Å². The summed E-state index contributed by atoms with van der Waals surface area (Å²) in [6.45, 7) is 10.3. The number of rotatable bonds is 3. The van der Waals surface area contributed by atoms with Crippen molar-refractivity contribution in [1.82, 2.24) is 5.32 Å². The van der Waals surface area contributed by atoms with Gasteiger partial charge in [-0.05, 0) is 12.2 Å². The fraction of sp³-hybridized carbons (Fsp3) is 0. The number of nitrogens with zero attached hydrogens (tertiary/aromatic N) is 1. The van der Waals surface area contributed by atoms with Crippen LogP contribution in [-0.2, 0) is 0 Å². The summed E-state index contributed by atoms with van der Waals surface area (Å²) in [5, 5.41) is 9.80. The maximum absolute atomic E-state index is 7.16. The van der Waals surface area contributed by atoms with Gasteiger partial charge in [-0.1, -0.05) is 19.7 Å². The maximum atomic E-state index is 7.16. The first-order chi connectivity index (χ1) is 5.24. The van der Waals surface area contributed by atoms with Crippen molar-refractivity contribution < 1.29 is 0 Å². The molecule has 0 aromatic rings. The average Bonchev–Trinajstić information content (AvgIpc) is 2.03. The van der Waals surface area contributed by atoms with Gasteiger partial charge in [-0.2, -0.15) is 0 Å². The lowest BCUT2D eigenvalue weighted by Gasteiger charge is -2.00. The van der Waals surface area contributed by atoms with E-state index in [1.807, 2.05) is 0 Å². The Bertz CT molecular complexity index is 213. The summed E-state index contributed by atoms with van der Waals surface area (Å²) < 4.78 is 0. The first-order valence-corrected chi connectivity index (χ1v) is 3.03. The highest BCUT2D eigenvalue weighted by atomic mass is 15.0. The Morgan fingerprint density at radius 3 is 2.27 bits per heavy atom. The number of hydrogen-bond donors (Lipinski definition) is 2. The van der Waals surface area contributed by atoms with Crippen LogP contribution < -0.4 is 5.32 Å². The maximum Gasteiger partial charge on any atom is 0.130 e. The van der Waals surface area contributed by atoms with Crippen LogP contribution >= 0.6 is 0 Å². The Kier molecular flexibility index (Phi) is 4.40. The molecule has 0 saturated carbocycles. The van der Waals surface area contributed by atoms with Crippen molar-refractivity contribution in [2.75, 3.05) is 0 Å². The van der Waals surface area contributed by atoms with Crippen LogP contribution in [0.5, 0.6) is 0 Å². The Morgan fingerprint density at radius 1 is 1.27 bits per heavy atom. The molecule has 3 heteroatoms. The summed E-state index contributed by atoms with van der Waals surface area (Å²) in [7, 11) is 0. The van der Waals surface area contributed by atoms with E-state index < -0.39 is 0 Å². The fourth-order valence-electron chi connectivity index (χ4n) is 0.423. The molecular formula is C8H11N3. The van der Waals surface area contributed by atoms with Crippen molar-refractivity contribution in [2.45, 2.75) is 0 Å². The normalized spacial score (nSPS) is 10.0. The predicted octanol–water partition coefficient (Wildman–Crippen LogP) is 1.47. The minimum atomic E-state index is 0.186. The second kappa shape index (κ2) is 5.17. The molecule has 0 unspecified atom stereocenters. The summed E-state index contributed by atoms with van der Waals surface area (Å²) in [6, 6.07) is 0. The highest BCUT2D eigenvalue weighted by Gasteiger charge is 1.91. The van der Waals surface area contributed by atoms with Crippen molar-refractivity contribution in [3.63, 3.8) is 0 Å². The fourth-order valence-corrected chi connectivity index (χ4v) is 0.423. The number of aliphatic imine (C=N–C) groups is 1. The van der Waals surface area contributed by atoms with Gasteiger partial charge in [0.25, 0.3) is 0 Å². The zero-order chi connectivity index (χ0) is 8.69. The molecule has 0 aromatic heterocycles. The van der Waals surface area contributed by atoms with Gasteiger partial charge in [0.05, 0.1) is 0 Å². The quantitative estimate of drug-likeness (QED) is 0.463. The number of hydrogen-bond acceptors (Lipinski definition) is 2. The first kappa shape index (κ1) is 9.36. The number of nitrogens with one attached hydrogen (secondary N) is 2. The predicted molar refractivity (Wildman–Crippen MR) is 48.9 cm³/mol. The molecule has 58 valence electrons. The SMILES string of the molecule is C=CN=C(C=C)NC(=N)C=C. The summed E-state index contributed by atoms with van der Waals surface area (Å²) >= 11 is 0. The van der Waals surface area contributed by atoms with Gasteiger partial charge in [-0.3, -0.25) is 5.41 Å². The Hall–Kier alpha value is -1.64. The Balaban J connectivity index is 4.19. The zero-order valence-corrected chi connectivity index (χ0v) is 6.30. The van der Waals surface area contributed by atoms with E-state index in [1.54, 1.807) is 0 Å². The van der Waals surface area contributed by atoms with E-state index in [0.29, 0.717) is 5.84 Å². The van der Waals surface area contributed by atoms with E-state index in [0.717, 1.165) is 0 Å². The van der Waals surface area contributed by atoms with Crippen molar-refractivity contribution in [2.24, 2.45) is 4.99 Å². The monoisotopic (exact) mass is 149 g/mol. The van der Waals surface area contributed by atoms with Gasteiger partial charge in [0.1, 0.15) is 11.7 Å². The molecule has 11 heavy (non-hydrogen) atoms. The van der Waals surface area contributed by atoms with Crippen LogP contribution in [0, 0.1) is 5.41 Å². The van der Waals surface area contributed by atoms with Gasteiger partial charge in [-0.25, -0.2) is 4.99 Å². The third-order valence-corrected chi connectivity index (χ3v) is 0.891. The van der Waals surface area contributed by atoms with Gasteiger partial charge < -0.3 is 5.32 Å². The van der Waals surface area contributed by atoms with Crippen molar-refractivity contribution in [3.05, 3.63) is 38.1 Å². The highest BCUT2D eigenvalue weighted by molar-refractivity contribution is 6.08. The molecule has 0 amide bonds. The summed E-state index contributed by atoms with van der Waals surface area (Å²) in [6.07, 6.45) is 4.25. The van der Waals surface area contributed by atoms with Gasteiger partial charge in [-0.15, -0.1) is 0 Å². The molecule has 0 heterocycles. The lowest BCUT2D eigenvalue weighted by atomic mass is 10.5. The topological polar surface area (TPSA) is 48.2 Å². The van der Waals surface area contributed by atoms with Crippen LogP contribution in [0.3, 0.4) is 0 Å². The van der Waals surface area contributed by atoms with Gasteiger partial charge >= 0.3 is 0 Å². The molecule has 0 bridgehead atoms. The van der Waals surface area contributed by atoms with Crippen LogP contribution in [0.1, 0.15) is 0 Å². The smallest absolute Gasteiger partial charge is 0.130 e. The third-order valence-electron chi connectivity index (χ3n) is 0.891. The highest BCUT2D eigenvalue weighted by Crippen LogP contribution is 1.78. The molecule has 0 aliphatic rings. The molecule has 0 rings (SSSR count). The molecule has 2 N–H and O–H groups in total. The molecule has 0 spiro atoms. The van der Waals surface area contributed by atoms with E-state index in [2.05, 4.69) is 30.0 Å². The number of amidine groups is 2. The van der Waals surface area contributed by atoms with Crippen molar-refractivity contribution in [1.29, 1.82) is 5.41 Å². The minimum absolute atomic E-state index is 0.186. The minimum Gasteiger partial charge on any atom is -0.325 e. The second-order valence-electron chi connectivity index (χ2n) is 1.64. The van der Waals surface area contributed by atoms with Gasteiger partial charge in [0.2, 0.25) is 0 Å². The van der Waals surface area contributed by atoms with E-state index in [9.17, 15) is 0 Å². The zero-order valence-electron chi connectivity index (χ0n) is 6.30. The van der Waals surface area contributed by atoms with E-state index in [1.165, 1.54) is 18.4 Å². The molecular weight excluding hydrogens is 138 g/mol. The van der Waals surface area contributed by atoms with Gasteiger partial charge in [0.15, 0.2) is 0 Å². The van der Waals surface area contributed by atoms with Crippen LogP contribution in [0.2, 0.25) is 0 Å². The molecule has 0 fully saturated rings. The summed E-state index contributed by atoms with van der Waals surface area (Å²) in [5.41, 5.74) is 0. The molecule has 0 aromatic carbocycles. The molecule has 0 saturated heterocycles. The molecule has 3 nitrogen and oxygen atoms in total. The Morgan fingerprint density at radius 2 is 1.91 bits per heavy atom. The Labute approximate surface area is 66.4 Å². The van der Waals surface area contributed by atoms with E-state index in [4.69, 9.17) is 5.41 Å².